The predicted octanol–water partition coefficient (Wildman–Crippen LogP) is 6.85. The number of halogens is 2. The van der Waals surface area contributed by atoms with E-state index in [1.807, 2.05) is 60.7 Å². The molecule has 1 aliphatic heterocycles. The molecule has 0 bridgehead atoms. The van der Waals surface area contributed by atoms with Gasteiger partial charge in [0.15, 0.2) is 0 Å². The molecule has 1 heterocycles. The first kappa shape index (κ1) is 23.6. The van der Waals surface area contributed by atoms with Gasteiger partial charge in [-0.1, -0.05) is 95.7 Å². The van der Waals surface area contributed by atoms with Crippen molar-refractivity contribution in [3.8, 4) is 11.5 Å². The molecule has 1 fully saturated rings. The lowest BCUT2D eigenvalue weighted by atomic mass is 10.1. The van der Waals surface area contributed by atoms with Crippen molar-refractivity contribution in [3.05, 3.63) is 98.9 Å². The maximum atomic E-state index is 13.0. The predicted molar refractivity (Wildman–Crippen MR) is 139 cm³/mol. The molecule has 0 spiro atoms. The second-order valence-electron chi connectivity index (χ2n) is 7.07. The minimum atomic E-state index is -0.164. The van der Waals surface area contributed by atoms with Gasteiger partial charge in [-0.05, 0) is 35.9 Å². The van der Waals surface area contributed by atoms with Gasteiger partial charge in [0.2, 0.25) is 0 Å². The van der Waals surface area contributed by atoms with Gasteiger partial charge in [-0.15, -0.1) is 0 Å². The quantitative estimate of drug-likeness (QED) is 0.186. The Morgan fingerprint density at radius 1 is 0.939 bits per heavy atom. The van der Waals surface area contributed by atoms with Crippen LogP contribution in [0, 0.1) is 0 Å². The van der Waals surface area contributed by atoms with Crippen LogP contribution in [0.4, 0.5) is 0 Å². The average Bonchev–Trinajstić information content (AvgIpc) is 3.06. The van der Waals surface area contributed by atoms with Crippen LogP contribution in [0.5, 0.6) is 11.5 Å². The Kier molecular flexibility index (Phi) is 7.93. The van der Waals surface area contributed by atoms with Gasteiger partial charge >= 0.3 is 0 Å². The monoisotopic (exact) mass is 515 g/mol. The summed E-state index contributed by atoms with van der Waals surface area (Å²) in [5.74, 6) is 1.03. The van der Waals surface area contributed by atoms with Crippen LogP contribution in [-0.2, 0) is 11.3 Å². The maximum Gasteiger partial charge on any atom is 0.266 e. The molecular formula is C25H19Cl2NO3S2. The Bertz CT molecular complexity index is 1190. The van der Waals surface area contributed by atoms with Crippen LogP contribution in [-0.4, -0.2) is 28.3 Å². The Morgan fingerprint density at radius 2 is 1.61 bits per heavy atom. The summed E-state index contributed by atoms with van der Waals surface area (Å²) in [6.07, 6.45) is 1.72. The molecule has 0 unspecified atom stereocenters. The zero-order chi connectivity index (χ0) is 23.2. The summed E-state index contributed by atoms with van der Waals surface area (Å²) in [4.78, 5) is 15.1. The number of carbonyl (C=O) groups excluding carboxylic acids is 1. The van der Waals surface area contributed by atoms with E-state index in [4.69, 9.17) is 44.9 Å². The SMILES string of the molecule is O=C1/C(=C/c2cc(Cl)cc(Cl)c2OCCOc2ccccc2)SC(=S)N1Cc1ccccc1. The zero-order valence-corrected chi connectivity index (χ0v) is 20.5. The third kappa shape index (κ3) is 6.09. The molecule has 8 heteroatoms. The number of hydrogen-bond acceptors (Lipinski definition) is 5. The van der Waals surface area contributed by atoms with Gasteiger partial charge in [0.1, 0.15) is 29.0 Å². The van der Waals surface area contributed by atoms with E-state index in [2.05, 4.69) is 0 Å². The molecule has 1 aliphatic rings. The summed E-state index contributed by atoms with van der Waals surface area (Å²) in [5.41, 5.74) is 1.61. The molecule has 3 aromatic carbocycles. The summed E-state index contributed by atoms with van der Waals surface area (Å²) in [7, 11) is 0. The van der Waals surface area contributed by atoms with Crippen molar-refractivity contribution in [1.82, 2.24) is 4.90 Å². The number of para-hydroxylation sites is 1. The average molecular weight is 516 g/mol. The minimum absolute atomic E-state index is 0.164. The Morgan fingerprint density at radius 3 is 2.33 bits per heavy atom. The molecule has 0 aromatic heterocycles. The topological polar surface area (TPSA) is 38.8 Å². The first-order valence-electron chi connectivity index (χ1n) is 10.1. The van der Waals surface area contributed by atoms with Crippen LogP contribution in [0.25, 0.3) is 6.08 Å². The lowest BCUT2D eigenvalue weighted by Gasteiger charge is -2.14. The number of hydrogen-bond donors (Lipinski definition) is 0. The molecule has 0 atom stereocenters. The minimum Gasteiger partial charge on any atom is -0.490 e. The number of rotatable bonds is 8. The van der Waals surface area contributed by atoms with Crippen LogP contribution >= 0.6 is 47.2 Å². The van der Waals surface area contributed by atoms with Gasteiger partial charge in [0, 0.05) is 10.6 Å². The van der Waals surface area contributed by atoms with E-state index in [-0.39, 0.29) is 12.5 Å². The molecular weight excluding hydrogens is 497 g/mol. The highest BCUT2D eigenvalue weighted by molar-refractivity contribution is 8.26. The summed E-state index contributed by atoms with van der Waals surface area (Å²) in [6, 6.07) is 22.5. The first-order chi connectivity index (χ1) is 16.0. The fourth-order valence-electron chi connectivity index (χ4n) is 3.20. The fraction of sp³-hybridized carbons (Fsp3) is 0.120. The normalized spacial score (nSPS) is 14.7. The Balaban J connectivity index is 1.49. The lowest BCUT2D eigenvalue weighted by molar-refractivity contribution is -0.122. The van der Waals surface area contributed by atoms with E-state index in [1.165, 1.54) is 11.8 Å². The second-order valence-corrected chi connectivity index (χ2v) is 9.59. The molecule has 1 amide bonds. The van der Waals surface area contributed by atoms with E-state index < -0.39 is 0 Å². The molecule has 3 aromatic rings. The van der Waals surface area contributed by atoms with E-state index in [0.29, 0.717) is 43.7 Å². The number of benzene rings is 3. The number of nitrogens with zero attached hydrogens (tertiary/aromatic N) is 1. The molecule has 4 rings (SSSR count). The van der Waals surface area contributed by atoms with E-state index in [9.17, 15) is 4.79 Å². The number of thioether (sulfide) groups is 1. The van der Waals surface area contributed by atoms with Crippen molar-refractivity contribution in [1.29, 1.82) is 0 Å². The van der Waals surface area contributed by atoms with Crippen LogP contribution in [0.3, 0.4) is 0 Å². The molecule has 168 valence electrons. The highest BCUT2D eigenvalue weighted by Gasteiger charge is 2.32. The molecule has 0 radical (unpaired) electrons. The standard InChI is InChI=1S/C25H19Cl2NO3S2/c26-19-13-18(23(21(27)15-19)31-12-11-30-20-9-5-2-6-10-20)14-22-24(29)28(25(32)33-22)16-17-7-3-1-4-8-17/h1-10,13-15H,11-12,16H2/b22-14-. The highest BCUT2D eigenvalue weighted by Crippen LogP contribution is 2.38. The molecule has 33 heavy (non-hydrogen) atoms. The van der Waals surface area contributed by atoms with Gasteiger partial charge in [0.25, 0.3) is 5.91 Å². The van der Waals surface area contributed by atoms with Gasteiger partial charge in [0.05, 0.1) is 16.5 Å². The summed E-state index contributed by atoms with van der Waals surface area (Å²) in [5, 5.41) is 0.798. The molecule has 0 N–H and O–H groups in total. The lowest BCUT2D eigenvalue weighted by Crippen LogP contribution is -2.27. The fourth-order valence-corrected chi connectivity index (χ4v) is 5.01. The van der Waals surface area contributed by atoms with Crippen molar-refractivity contribution < 1.29 is 14.3 Å². The number of thiocarbonyl (C=S) groups is 1. The number of ether oxygens (including phenoxy) is 2. The van der Waals surface area contributed by atoms with Crippen molar-refractivity contribution in [3.63, 3.8) is 0 Å². The molecule has 1 saturated heterocycles. The Labute approximate surface area is 212 Å². The summed E-state index contributed by atoms with van der Waals surface area (Å²) < 4.78 is 12.1. The zero-order valence-electron chi connectivity index (χ0n) is 17.4. The van der Waals surface area contributed by atoms with Crippen molar-refractivity contribution >= 4 is 63.5 Å². The van der Waals surface area contributed by atoms with Crippen LogP contribution in [0.1, 0.15) is 11.1 Å². The van der Waals surface area contributed by atoms with Gasteiger partial charge in [-0.2, -0.15) is 0 Å². The van der Waals surface area contributed by atoms with Crippen molar-refractivity contribution in [2.75, 3.05) is 13.2 Å². The van der Waals surface area contributed by atoms with Crippen LogP contribution < -0.4 is 9.47 Å². The highest BCUT2D eigenvalue weighted by atomic mass is 35.5. The van der Waals surface area contributed by atoms with E-state index in [1.54, 1.807) is 23.1 Å². The van der Waals surface area contributed by atoms with Crippen LogP contribution in [0.15, 0.2) is 77.7 Å². The van der Waals surface area contributed by atoms with Crippen molar-refractivity contribution in [2.24, 2.45) is 0 Å². The second kappa shape index (κ2) is 11.1. The van der Waals surface area contributed by atoms with Gasteiger partial charge in [-0.3, -0.25) is 9.69 Å². The summed E-state index contributed by atoms with van der Waals surface area (Å²) in [6.45, 7) is 1.02. The number of carbonyl (C=O) groups is 1. The van der Waals surface area contributed by atoms with Gasteiger partial charge in [-0.25, -0.2) is 0 Å². The van der Waals surface area contributed by atoms with E-state index >= 15 is 0 Å². The summed E-state index contributed by atoms with van der Waals surface area (Å²) >= 11 is 19.3. The van der Waals surface area contributed by atoms with E-state index in [0.717, 1.165) is 11.3 Å². The number of amides is 1. The maximum absolute atomic E-state index is 13.0. The largest absolute Gasteiger partial charge is 0.490 e. The molecule has 4 nitrogen and oxygen atoms in total. The molecule has 0 saturated carbocycles. The molecule has 0 aliphatic carbocycles. The first-order valence-corrected chi connectivity index (χ1v) is 12.1. The smallest absolute Gasteiger partial charge is 0.266 e. The Hall–Kier alpha value is -2.51. The van der Waals surface area contributed by atoms with Crippen molar-refractivity contribution in [2.45, 2.75) is 6.54 Å². The third-order valence-electron chi connectivity index (χ3n) is 4.72. The van der Waals surface area contributed by atoms with Gasteiger partial charge < -0.3 is 9.47 Å². The third-order valence-corrected chi connectivity index (χ3v) is 6.60. The van der Waals surface area contributed by atoms with Crippen LogP contribution in [0.2, 0.25) is 10.0 Å².